The molecule has 0 saturated carbocycles. The van der Waals surface area contributed by atoms with Crippen LogP contribution in [0.2, 0.25) is 0 Å². The summed E-state index contributed by atoms with van der Waals surface area (Å²) in [5.41, 5.74) is 6.82. The average molecular weight is 336 g/mol. The van der Waals surface area contributed by atoms with Crippen LogP contribution in [0, 0.1) is 18.8 Å². The van der Waals surface area contributed by atoms with Crippen LogP contribution in [-0.4, -0.2) is 32.8 Å². The van der Waals surface area contributed by atoms with E-state index in [4.69, 9.17) is 5.73 Å². The summed E-state index contributed by atoms with van der Waals surface area (Å²) >= 11 is 0. The van der Waals surface area contributed by atoms with Crippen LogP contribution < -0.4 is 5.73 Å². The minimum Gasteiger partial charge on any atom is -0.479 e. The fraction of sp³-hybridized carbons (Fsp3) is 0.684. The molecule has 0 radical (unpaired) electrons. The highest BCUT2D eigenvalue weighted by Crippen LogP contribution is 2.23. The number of aliphatic hydroxyl groups is 1. The van der Waals surface area contributed by atoms with E-state index in [1.165, 1.54) is 0 Å². The van der Waals surface area contributed by atoms with E-state index in [1.807, 2.05) is 26.8 Å². The molecule has 0 aliphatic carbocycles. The van der Waals surface area contributed by atoms with Crippen LogP contribution in [0.5, 0.6) is 0 Å². The molecule has 0 spiro atoms. The molecule has 0 unspecified atom stereocenters. The van der Waals surface area contributed by atoms with E-state index in [1.54, 1.807) is 6.20 Å². The number of nitrogens with two attached hydrogens (primary N) is 1. The molecule has 0 aliphatic heterocycles. The van der Waals surface area contributed by atoms with Crippen molar-refractivity contribution < 1.29 is 15.0 Å². The Bertz CT molecular complexity index is 558. The van der Waals surface area contributed by atoms with Crippen LogP contribution in [0.15, 0.2) is 12.3 Å². The Balaban J connectivity index is 3.02. The lowest BCUT2D eigenvalue weighted by molar-refractivity contribution is -0.161. The largest absolute Gasteiger partial charge is 0.479 e. The molecule has 1 aromatic heterocycles. The number of rotatable bonds is 9. The topological polar surface area (TPSA) is 96.4 Å². The molecule has 0 aliphatic rings. The highest BCUT2D eigenvalue weighted by atomic mass is 16.4. The summed E-state index contributed by atoms with van der Waals surface area (Å²) in [5.74, 6) is -0.489. The molecule has 0 fully saturated rings. The lowest BCUT2D eigenvalue weighted by atomic mass is 9.84. The fourth-order valence-electron chi connectivity index (χ4n) is 2.77. The van der Waals surface area contributed by atoms with E-state index >= 15 is 0 Å². The first-order valence-electron chi connectivity index (χ1n) is 8.72. The van der Waals surface area contributed by atoms with Gasteiger partial charge < -0.3 is 15.9 Å². The molecule has 4 N–H and O–H groups in total. The molecule has 0 bridgehead atoms. The first-order valence-corrected chi connectivity index (χ1v) is 8.72. The second-order valence-corrected chi connectivity index (χ2v) is 7.68. The van der Waals surface area contributed by atoms with Crippen molar-refractivity contribution in [3.05, 3.63) is 29.1 Å². The lowest BCUT2D eigenvalue weighted by Crippen LogP contribution is -2.56. The van der Waals surface area contributed by atoms with Crippen molar-refractivity contribution in [2.75, 3.05) is 0 Å². The van der Waals surface area contributed by atoms with Crippen molar-refractivity contribution in [1.29, 1.82) is 0 Å². The molecule has 1 aromatic rings. The molecule has 2 atom stereocenters. The second kappa shape index (κ2) is 8.58. The van der Waals surface area contributed by atoms with E-state index in [0.717, 1.165) is 24.0 Å². The Labute approximate surface area is 145 Å². The van der Waals surface area contributed by atoms with E-state index in [9.17, 15) is 15.0 Å². The summed E-state index contributed by atoms with van der Waals surface area (Å²) < 4.78 is 0. The van der Waals surface area contributed by atoms with Gasteiger partial charge in [-0.2, -0.15) is 0 Å². The molecular formula is C19H32N2O3. The van der Waals surface area contributed by atoms with Crippen LogP contribution in [0.3, 0.4) is 0 Å². The molecule has 136 valence electrons. The number of carbonyl (C=O) groups is 1. The molecule has 24 heavy (non-hydrogen) atoms. The van der Waals surface area contributed by atoms with Gasteiger partial charge in [-0.15, -0.1) is 0 Å². The van der Waals surface area contributed by atoms with Crippen molar-refractivity contribution in [3.63, 3.8) is 0 Å². The number of carboxylic acid groups (broad SMARTS) is 1. The zero-order valence-electron chi connectivity index (χ0n) is 15.5. The number of carboxylic acids is 1. The minimum atomic E-state index is -2.00. The zero-order chi connectivity index (χ0) is 18.5. The third-order valence-electron chi connectivity index (χ3n) is 4.42. The molecule has 1 heterocycles. The van der Waals surface area contributed by atoms with Crippen molar-refractivity contribution >= 4 is 5.97 Å². The predicted molar refractivity (Wildman–Crippen MR) is 95.9 cm³/mol. The first kappa shape index (κ1) is 20.6. The number of aryl methyl sites for hydroxylation is 2. The van der Waals surface area contributed by atoms with Gasteiger partial charge in [-0.3, -0.25) is 4.98 Å². The van der Waals surface area contributed by atoms with Gasteiger partial charge in [0, 0.05) is 24.4 Å². The monoisotopic (exact) mass is 336 g/mol. The highest BCUT2D eigenvalue weighted by molar-refractivity contribution is 5.78. The summed E-state index contributed by atoms with van der Waals surface area (Å²) in [4.78, 5) is 16.0. The summed E-state index contributed by atoms with van der Waals surface area (Å²) in [5, 5.41) is 20.2. The summed E-state index contributed by atoms with van der Waals surface area (Å²) in [6.45, 7) is 10.3. The fourth-order valence-corrected chi connectivity index (χ4v) is 2.77. The van der Waals surface area contributed by atoms with Crippen LogP contribution in [0.1, 0.15) is 57.4 Å². The molecular weight excluding hydrogens is 304 g/mol. The summed E-state index contributed by atoms with van der Waals surface area (Å²) in [7, 11) is 0. The van der Waals surface area contributed by atoms with Crippen molar-refractivity contribution in [1.82, 2.24) is 4.98 Å². The first-order chi connectivity index (χ1) is 11.1. The van der Waals surface area contributed by atoms with Gasteiger partial charge in [-0.25, -0.2) is 4.79 Å². The number of nitrogens with zero attached hydrogens (tertiary/aromatic N) is 1. The highest BCUT2D eigenvalue weighted by Gasteiger charge is 2.43. The smallest absolute Gasteiger partial charge is 0.337 e. The third-order valence-corrected chi connectivity index (χ3v) is 4.42. The summed E-state index contributed by atoms with van der Waals surface area (Å²) in [6.07, 6.45) is 4.09. The molecule has 5 heteroatoms. The van der Waals surface area contributed by atoms with Gasteiger partial charge in [0.05, 0.1) is 0 Å². The van der Waals surface area contributed by atoms with Crippen molar-refractivity contribution in [2.24, 2.45) is 17.6 Å². The number of pyridine rings is 1. The van der Waals surface area contributed by atoms with Gasteiger partial charge in [-0.05, 0) is 55.2 Å². The SMILES string of the molecule is Cc1cnc(C[C@](O)(C(=O)O)[C@@H](N)CC(C)C)cc1CCC(C)C. The summed E-state index contributed by atoms with van der Waals surface area (Å²) in [6, 6.07) is 1.07. The van der Waals surface area contributed by atoms with E-state index in [-0.39, 0.29) is 12.3 Å². The lowest BCUT2D eigenvalue weighted by Gasteiger charge is -2.30. The third kappa shape index (κ3) is 5.56. The maximum atomic E-state index is 11.7. The Kier molecular flexibility index (Phi) is 7.36. The maximum Gasteiger partial charge on any atom is 0.337 e. The second-order valence-electron chi connectivity index (χ2n) is 7.68. The quantitative estimate of drug-likeness (QED) is 0.644. The molecule has 0 aromatic carbocycles. The standard InChI is InChI=1S/C19H32N2O3/c1-12(2)6-7-15-9-16(21-11-14(15)5)10-19(24,18(22)23)17(20)8-13(3)4/h9,11-13,17,24H,6-8,10,20H2,1-5H3,(H,22,23)/t17-,19+/m0/s1. The van der Waals surface area contributed by atoms with Gasteiger partial charge in [-0.1, -0.05) is 27.7 Å². The van der Waals surface area contributed by atoms with E-state index < -0.39 is 17.6 Å². The van der Waals surface area contributed by atoms with Gasteiger partial charge in [0.1, 0.15) is 0 Å². The Hall–Kier alpha value is -1.46. The van der Waals surface area contributed by atoms with E-state index in [2.05, 4.69) is 18.8 Å². The van der Waals surface area contributed by atoms with Crippen LogP contribution in [0.4, 0.5) is 0 Å². The predicted octanol–water partition coefficient (Wildman–Crippen LogP) is 2.71. The van der Waals surface area contributed by atoms with Gasteiger partial charge in [0.25, 0.3) is 0 Å². The number of hydrogen-bond acceptors (Lipinski definition) is 4. The Morgan fingerprint density at radius 3 is 2.42 bits per heavy atom. The zero-order valence-corrected chi connectivity index (χ0v) is 15.5. The van der Waals surface area contributed by atoms with Crippen LogP contribution in [-0.2, 0) is 17.6 Å². The van der Waals surface area contributed by atoms with Gasteiger partial charge in [0.15, 0.2) is 5.60 Å². The van der Waals surface area contributed by atoms with Crippen LogP contribution in [0.25, 0.3) is 0 Å². The van der Waals surface area contributed by atoms with Gasteiger partial charge >= 0.3 is 5.97 Å². The van der Waals surface area contributed by atoms with Crippen molar-refractivity contribution in [2.45, 2.75) is 71.9 Å². The molecule has 5 nitrogen and oxygen atoms in total. The molecule has 1 rings (SSSR count). The Morgan fingerprint density at radius 2 is 1.92 bits per heavy atom. The average Bonchev–Trinajstić information content (AvgIpc) is 2.46. The maximum absolute atomic E-state index is 11.7. The normalized spacial score (nSPS) is 15.5. The van der Waals surface area contributed by atoms with Crippen molar-refractivity contribution in [3.8, 4) is 0 Å². The number of aliphatic carboxylic acids is 1. The molecule has 0 saturated heterocycles. The number of aromatic nitrogens is 1. The van der Waals surface area contributed by atoms with E-state index in [0.29, 0.717) is 18.0 Å². The molecule has 0 amide bonds. The van der Waals surface area contributed by atoms with Gasteiger partial charge in [0.2, 0.25) is 0 Å². The minimum absolute atomic E-state index is 0.0782. The number of hydrogen-bond donors (Lipinski definition) is 3. The Morgan fingerprint density at radius 1 is 1.29 bits per heavy atom. The van der Waals surface area contributed by atoms with Crippen LogP contribution >= 0.6 is 0 Å².